The number of carbonyl (C=O) groups excluding carboxylic acids is 7. The van der Waals surface area contributed by atoms with Crippen molar-refractivity contribution < 1.29 is 42.8 Å². The topological polar surface area (TPSA) is 172 Å². The third-order valence-corrected chi connectivity index (χ3v) is 9.98. The number of rotatable bonds is 20. The Morgan fingerprint density at radius 2 is 1.51 bits per heavy atom. The zero-order valence-electron chi connectivity index (χ0n) is 32.4. The fraction of sp³-hybridized carbons (Fsp3) is 0.750. The van der Waals surface area contributed by atoms with Gasteiger partial charge in [-0.3, -0.25) is 34.1 Å². The van der Waals surface area contributed by atoms with Crippen LogP contribution in [0.2, 0.25) is 0 Å². The zero-order chi connectivity index (χ0) is 39.7. The number of carbonyl (C=O) groups is 7. The van der Waals surface area contributed by atoms with Crippen LogP contribution in [0.4, 0.5) is 9.28 Å². The minimum absolute atomic E-state index is 0.0259. The van der Waals surface area contributed by atoms with Crippen molar-refractivity contribution in [2.45, 2.75) is 89.3 Å². The van der Waals surface area contributed by atoms with Crippen LogP contribution in [0.1, 0.15) is 71.1 Å². The second kappa shape index (κ2) is 22.8. The van der Waals surface area contributed by atoms with Gasteiger partial charge in [0, 0.05) is 41.3 Å². The van der Waals surface area contributed by atoms with Crippen LogP contribution in [0.3, 0.4) is 0 Å². The van der Waals surface area contributed by atoms with E-state index in [2.05, 4.69) is 17.2 Å². The molecule has 0 aromatic rings. The Hall–Kier alpha value is -4.12. The standard InChI is InChI=1S/C36H61FN8O8/c1-8-10-11-12-17-27(33(49)39-36(52)41(5)24-30(47)40(4)25-31(48)45(37)18-9-2)42(6)29(46)23-28(34(50)44-19-21-53-22-20-44)43(7)35(51)32(38-3)26-15-13-14-16-26/h8,26-28,32,38H,1,9-25H2,2-7H3,(H,39,49,52)/t27-,28-,32-/m0/s1. The van der Waals surface area contributed by atoms with Crippen LogP contribution in [0.5, 0.6) is 0 Å². The lowest BCUT2D eigenvalue weighted by Gasteiger charge is -2.37. The number of nitrogens with zero attached hydrogens (tertiary/aromatic N) is 6. The Morgan fingerprint density at radius 3 is 2.09 bits per heavy atom. The number of halogens is 1. The molecule has 2 aliphatic rings. The maximum Gasteiger partial charge on any atom is 0.324 e. The molecular weight excluding hydrogens is 691 g/mol. The summed E-state index contributed by atoms with van der Waals surface area (Å²) in [7, 11) is 7.24. The van der Waals surface area contributed by atoms with Crippen LogP contribution in [-0.4, -0.2) is 170 Å². The van der Waals surface area contributed by atoms with Gasteiger partial charge in [0.15, 0.2) is 0 Å². The van der Waals surface area contributed by atoms with Gasteiger partial charge in [-0.25, -0.2) is 4.79 Å². The van der Waals surface area contributed by atoms with Gasteiger partial charge in [-0.05, 0) is 51.5 Å². The van der Waals surface area contributed by atoms with Crippen LogP contribution >= 0.6 is 0 Å². The highest BCUT2D eigenvalue weighted by molar-refractivity contribution is 6.00. The molecule has 1 aliphatic heterocycles. The van der Waals surface area contributed by atoms with Gasteiger partial charge in [-0.2, -0.15) is 5.12 Å². The molecule has 8 amide bonds. The molecule has 0 spiro atoms. The molecule has 0 unspecified atom stereocenters. The Balaban J connectivity index is 2.22. The number of unbranched alkanes of at least 4 members (excludes halogenated alkanes) is 2. The molecule has 0 bridgehead atoms. The highest BCUT2D eigenvalue weighted by Crippen LogP contribution is 2.29. The smallest absolute Gasteiger partial charge is 0.324 e. The van der Waals surface area contributed by atoms with Crippen molar-refractivity contribution in [3.05, 3.63) is 12.7 Å². The van der Waals surface area contributed by atoms with Gasteiger partial charge in [0.25, 0.3) is 11.8 Å². The van der Waals surface area contributed by atoms with Crippen molar-refractivity contribution in [2.24, 2.45) is 5.92 Å². The van der Waals surface area contributed by atoms with Crippen LogP contribution in [-0.2, 0) is 33.5 Å². The predicted molar refractivity (Wildman–Crippen MR) is 196 cm³/mol. The zero-order valence-corrected chi connectivity index (χ0v) is 32.4. The van der Waals surface area contributed by atoms with Crippen molar-refractivity contribution in [1.82, 2.24) is 40.3 Å². The van der Waals surface area contributed by atoms with E-state index in [9.17, 15) is 38.0 Å². The minimum Gasteiger partial charge on any atom is -0.378 e. The Bertz CT molecular complexity index is 1280. The molecule has 2 N–H and O–H groups in total. The number of amides is 8. The first kappa shape index (κ1) is 45.0. The summed E-state index contributed by atoms with van der Waals surface area (Å²) < 4.78 is 19.2. The van der Waals surface area contributed by atoms with E-state index in [4.69, 9.17) is 4.74 Å². The summed E-state index contributed by atoms with van der Waals surface area (Å²) in [5, 5.41) is 5.41. The van der Waals surface area contributed by atoms with E-state index in [1.165, 1.54) is 38.0 Å². The second-order valence-electron chi connectivity index (χ2n) is 13.9. The number of allylic oxidation sites excluding steroid dienone is 1. The molecule has 1 saturated carbocycles. The van der Waals surface area contributed by atoms with Gasteiger partial charge in [-0.15, -0.1) is 6.58 Å². The lowest BCUT2D eigenvalue weighted by Crippen LogP contribution is -2.58. The lowest BCUT2D eigenvalue weighted by molar-refractivity contribution is -0.152. The molecule has 1 saturated heterocycles. The predicted octanol–water partition coefficient (Wildman–Crippen LogP) is 1.16. The van der Waals surface area contributed by atoms with Crippen LogP contribution in [0, 0.1) is 5.92 Å². The molecule has 17 heteroatoms. The first-order valence-electron chi connectivity index (χ1n) is 18.6. The van der Waals surface area contributed by atoms with Crippen LogP contribution in [0.25, 0.3) is 0 Å². The maximum atomic E-state index is 14.0. The molecule has 3 atom stereocenters. The average Bonchev–Trinajstić information content (AvgIpc) is 3.68. The largest absolute Gasteiger partial charge is 0.378 e. The van der Waals surface area contributed by atoms with E-state index >= 15 is 0 Å². The van der Waals surface area contributed by atoms with Crippen LogP contribution in [0.15, 0.2) is 12.7 Å². The van der Waals surface area contributed by atoms with Gasteiger partial charge < -0.3 is 34.6 Å². The van der Waals surface area contributed by atoms with Gasteiger partial charge in [0.2, 0.25) is 23.6 Å². The summed E-state index contributed by atoms with van der Waals surface area (Å²) in [6.45, 7) is 5.54. The summed E-state index contributed by atoms with van der Waals surface area (Å²) >= 11 is 0. The maximum absolute atomic E-state index is 14.0. The molecule has 1 heterocycles. The van der Waals surface area contributed by atoms with Crippen molar-refractivity contribution >= 4 is 41.5 Å². The Kier molecular flexibility index (Phi) is 19.4. The summed E-state index contributed by atoms with van der Waals surface area (Å²) in [5.74, 6) is -3.51. The third kappa shape index (κ3) is 13.7. The van der Waals surface area contributed by atoms with E-state index < -0.39 is 73.2 Å². The first-order chi connectivity index (χ1) is 25.2. The van der Waals surface area contributed by atoms with E-state index in [1.807, 2.05) is 0 Å². The minimum atomic E-state index is -1.15. The van der Waals surface area contributed by atoms with Gasteiger partial charge in [0.1, 0.15) is 25.2 Å². The van der Waals surface area contributed by atoms with Crippen molar-refractivity contribution in [3.63, 3.8) is 0 Å². The second-order valence-corrected chi connectivity index (χ2v) is 13.9. The molecule has 1 aliphatic carbocycles. The van der Waals surface area contributed by atoms with Crippen LogP contribution < -0.4 is 10.6 Å². The monoisotopic (exact) mass is 752 g/mol. The molecule has 0 aromatic carbocycles. The number of morpholine rings is 1. The third-order valence-electron chi connectivity index (χ3n) is 9.98. The van der Waals surface area contributed by atoms with Crippen molar-refractivity contribution in [3.8, 4) is 0 Å². The molecule has 2 rings (SSSR count). The number of nitrogens with one attached hydrogen (secondary N) is 2. The average molecular weight is 753 g/mol. The molecule has 2 fully saturated rings. The molecule has 53 heavy (non-hydrogen) atoms. The number of hydrogen-bond acceptors (Lipinski definition) is 9. The summed E-state index contributed by atoms with van der Waals surface area (Å²) in [6.07, 6.45) is 7.55. The Labute approximate surface area is 313 Å². The van der Waals surface area contributed by atoms with E-state index in [0.29, 0.717) is 52.0 Å². The highest BCUT2D eigenvalue weighted by atomic mass is 19.2. The van der Waals surface area contributed by atoms with Crippen molar-refractivity contribution in [2.75, 3.05) is 81.2 Å². The molecular formula is C36H61FN8O8. The summed E-state index contributed by atoms with van der Waals surface area (Å²) in [5.41, 5.74) is 0. The molecule has 0 radical (unpaired) electrons. The quantitative estimate of drug-likeness (QED) is 0.105. The number of hydrogen-bond donors (Lipinski definition) is 2. The number of likely N-dealkylation sites (N-methyl/N-ethyl adjacent to an activating group) is 5. The normalized spacial score (nSPS) is 16.2. The number of imide groups is 1. The molecule has 0 aromatic heterocycles. The fourth-order valence-corrected chi connectivity index (χ4v) is 6.59. The van der Waals surface area contributed by atoms with E-state index in [-0.39, 0.29) is 29.9 Å². The fourth-order valence-electron chi connectivity index (χ4n) is 6.59. The highest BCUT2D eigenvalue weighted by Gasteiger charge is 2.40. The van der Waals surface area contributed by atoms with E-state index in [0.717, 1.165) is 35.5 Å². The number of ether oxygens (including phenoxy) is 1. The Morgan fingerprint density at radius 1 is 0.887 bits per heavy atom. The first-order valence-corrected chi connectivity index (χ1v) is 18.6. The van der Waals surface area contributed by atoms with E-state index in [1.54, 1.807) is 24.9 Å². The van der Waals surface area contributed by atoms with Gasteiger partial charge in [-0.1, -0.05) is 36.7 Å². The summed E-state index contributed by atoms with van der Waals surface area (Å²) in [6, 6.07) is -3.72. The van der Waals surface area contributed by atoms with Crippen molar-refractivity contribution in [1.29, 1.82) is 0 Å². The lowest BCUT2D eigenvalue weighted by atomic mass is 9.96. The molecule has 300 valence electrons. The molecule has 16 nitrogen and oxygen atoms in total. The SMILES string of the molecule is C=CCCCC[C@@H](C(=O)NC(=O)N(C)CC(=O)N(C)CC(=O)N(F)CCC)N(C)C(=O)C[C@@H](C(=O)N1CCOCC1)N(C)C(=O)[C@@H](NC)C1CCCC1. The van der Waals surface area contributed by atoms with Gasteiger partial charge >= 0.3 is 6.03 Å². The number of urea groups is 1. The summed E-state index contributed by atoms with van der Waals surface area (Å²) in [4.78, 5) is 99.3. The van der Waals surface area contributed by atoms with Gasteiger partial charge in [0.05, 0.1) is 32.2 Å².